The molecule has 0 bridgehead atoms. The number of nitrogens with two attached hydrogens (primary N) is 1. The molecule has 0 fully saturated rings. The number of ketones is 1. The van der Waals surface area contributed by atoms with Crippen LogP contribution < -0.4 is 10.5 Å². The van der Waals surface area contributed by atoms with Crippen LogP contribution in [-0.2, 0) is 16.1 Å². The van der Waals surface area contributed by atoms with Crippen LogP contribution in [0, 0.1) is 40.7 Å². The average Bonchev–Trinajstić information content (AvgIpc) is 3.04. The first-order valence-electron chi connectivity index (χ1n) is 11.2. The molecule has 2 aromatic rings. The summed E-state index contributed by atoms with van der Waals surface area (Å²) in [4.78, 5) is 24.2. The fraction of sp³-hybridized carbons (Fsp3) is 0.400. The molecule has 10 nitrogen and oxygen atoms in total. The predicted molar refractivity (Wildman–Crippen MR) is 126 cm³/mol. The van der Waals surface area contributed by atoms with Crippen molar-refractivity contribution in [1.82, 2.24) is 9.78 Å². The van der Waals surface area contributed by atoms with E-state index in [4.69, 9.17) is 15.2 Å². The van der Waals surface area contributed by atoms with Gasteiger partial charge in [0.15, 0.2) is 5.78 Å². The second kappa shape index (κ2) is 8.58. The second-order valence-corrected chi connectivity index (χ2v) is 9.71. The number of methoxy groups -OCH3 is 1. The molecule has 2 N–H and O–H groups in total. The molecule has 1 aliphatic carbocycles. The summed E-state index contributed by atoms with van der Waals surface area (Å²) in [6, 6.07) is 7.51. The standard InChI is InChI=1S/C25H27N5O5/c1-13-23(30(32)33)14(2)29(28-13)12-16-8-15(6-7-19(16)34-5)21-17(11-26)24(27)35-20-10-25(3,4)9-18(31)22(20)21/h6-8,21H,9-10,12,27H2,1-5H3. The van der Waals surface area contributed by atoms with E-state index in [2.05, 4.69) is 11.2 Å². The number of allylic oxidation sites excluding steroid dienone is 3. The van der Waals surface area contributed by atoms with Crippen molar-refractivity contribution in [3.63, 3.8) is 0 Å². The van der Waals surface area contributed by atoms with E-state index in [1.807, 2.05) is 19.9 Å². The van der Waals surface area contributed by atoms with Gasteiger partial charge in [-0.15, -0.1) is 0 Å². The molecule has 2 heterocycles. The Balaban J connectivity index is 1.84. The van der Waals surface area contributed by atoms with Gasteiger partial charge < -0.3 is 15.2 Å². The number of nitro groups is 1. The molecule has 1 atom stereocenters. The minimum Gasteiger partial charge on any atom is -0.496 e. The van der Waals surface area contributed by atoms with Gasteiger partial charge in [-0.25, -0.2) is 0 Å². The largest absolute Gasteiger partial charge is 0.496 e. The maximum atomic E-state index is 13.2. The Morgan fingerprint density at radius 1 is 1.37 bits per heavy atom. The van der Waals surface area contributed by atoms with Crippen molar-refractivity contribution in [2.45, 2.75) is 53.0 Å². The van der Waals surface area contributed by atoms with Crippen LogP contribution in [0.2, 0.25) is 0 Å². The van der Waals surface area contributed by atoms with E-state index in [1.54, 1.807) is 30.7 Å². The molecule has 4 rings (SSSR count). The number of benzene rings is 1. The van der Waals surface area contributed by atoms with Gasteiger partial charge in [-0.1, -0.05) is 19.9 Å². The first kappa shape index (κ1) is 24.0. The highest BCUT2D eigenvalue weighted by molar-refractivity contribution is 6.00. The van der Waals surface area contributed by atoms with Gasteiger partial charge in [0.2, 0.25) is 5.88 Å². The lowest BCUT2D eigenvalue weighted by atomic mass is 9.70. The number of hydrogen-bond donors (Lipinski definition) is 1. The SMILES string of the molecule is COc1ccc(C2C(C#N)=C(N)OC3=C2C(=O)CC(C)(C)C3)cc1Cn1nc(C)c([N+](=O)[O-])c1C. The molecule has 0 radical (unpaired) electrons. The zero-order chi connectivity index (χ0) is 25.7. The third-order valence-corrected chi connectivity index (χ3v) is 6.56. The fourth-order valence-electron chi connectivity index (χ4n) is 4.99. The summed E-state index contributed by atoms with van der Waals surface area (Å²) in [7, 11) is 1.53. The monoisotopic (exact) mass is 477 g/mol. The summed E-state index contributed by atoms with van der Waals surface area (Å²) in [5.74, 6) is 0.296. The van der Waals surface area contributed by atoms with Crippen LogP contribution in [0.25, 0.3) is 0 Å². The molecule has 1 aromatic carbocycles. The van der Waals surface area contributed by atoms with Crippen LogP contribution in [0.4, 0.5) is 5.69 Å². The van der Waals surface area contributed by atoms with Crippen LogP contribution in [-0.4, -0.2) is 27.6 Å². The van der Waals surface area contributed by atoms with Crippen molar-refractivity contribution in [1.29, 1.82) is 5.26 Å². The number of Topliss-reactive ketones (excluding diaryl/α,β-unsaturated/α-hetero) is 1. The molecule has 2 aliphatic rings. The van der Waals surface area contributed by atoms with E-state index in [-0.39, 0.29) is 34.9 Å². The minimum atomic E-state index is -0.674. The van der Waals surface area contributed by atoms with Crippen LogP contribution in [0.15, 0.2) is 41.0 Å². The number of carbonyl (C=O) groups is 1. The summed E-state index contributed by atoms with van der Waals surface area (Å²) >= 11 is 0. The normalized spacial score (nSPS) is 19.2. The smallest absolute Gasteiger partial charge is 0.312 e. The van der Waals surface area contributed by atoms with E-state index in [0.29, 0.717) is 52.4 Å². The lowest BCUT2D eigenvalue weighted by Crippen LogP contribution is -2.33. The number of carbonyl (C=O) groups excluding carboxylic acids is 1. The molecular formula is C25H27N5O5. The Kier molecular flexibility index (Phi) is 5.88. The highest BCUT2D eigenvalue weighted by atomic mass is 16.6. The van der Waals surface area contributed by atoms with Gasteiger partial charge in [0.1, 0.15) is 34.5 Å². The lowest BCUT2D eigenvalue weighted by molar-refractivity contribution is -0.386. The molecule has 0 saturated carbocycles. The van der Waals surface area contributed by atoms with Crippen LogP contribution >= 0.6 is 0 Å². The summed E-state index contributed by atoms with van der Waals surface area (Å²) in [6.45, 7) is 7.42. The first-order valence-corrected chi connectivity index (χ1v) is 11.2. The van der Waals surface area contributed by atoms with Crippen LogP contribution in [0.1, 0.15) is 55.1 Å². The Morgan fingerprint density at radius 3 is 2.69 bits per heavy atom. The van der Waals surface area contributed by atoms with Crippen molar-refractivity contribution in [3.8, 4) is 11.8 Å². The molecular weight excluding hydrogens is 450 g/mol. The van der Waals surface area contributed by atoms with E-state index >= 15 is 0 Å². The van der Waals surface area contributed by atoms with Gasteiger partial charge in [0, 0.05) is 24.0 Å². The third-order valence-electron chi connectivity index (χ3n) is 6.56. The first-order chi connectivity index (χ1) is 16.5. The van der Waals surface area contributed by atoms with Crippen molar-refractivity contribution >= 4 is 11.5 Å². The van der Waals surface area contributed by atoms with Gasteiger partial charge >= 0.3 is 5.69 Å². The highest BCUT2D eigenvalue weighted by Crippen LogP contribution is 2.48. The average molecular weight is 478 g/mol. The van der Waals surface area contributed by atoms with Crippen molar-refractivity contribution < 1.29 is 19.2 Å². The molecule has 1 unspecified atom stereocenters. The van der Waals surface area contributed by atoms with Crippen LogP contribution in [0.3, 0.4) is 0 Å². The summed E-state index contributed by atoms with van der Waals surface area (Å²) < 4.78 is 12.8. The minimum absolute atomic E-state index is 0.00621. The second-order valence-electron chi connectivity index (χ2n) is 9.71. The van der Waals surface area contributed by atoms with E-state index in [9.17, 15) is 20.2 Å². The topological polar surface area (TPSA) is 146 Å². The molecule has 0 spiro atoms. The number of aryl methyl sites for hydroxylation is 1. The van der Waals surface area contributed by atoms with Crippen molar-refractivity contribution in [2.24, 2.45) is 11.1 Å². The summed E-state index contributed by atoms with van der Waals surface area (Å²) in [5, 5.41) is 25.7. The maximum Gasteiger partial charge on any atom is 0.312 e. The summed E-state index contributed by atoms with van der Waals surface area (Å²) in [6.07, 6.45) is 0.866. The number of hydrogen-bond acceptors (Lipinski definition) is 8. The maximum absolute atomic E-state index is 13.2. The van der Waals surface area contributed by atoms with Gasteiger partial charge in [0.05, 0.1) is 24.5 Å². The zero-order valence-corrected chi connectivity index (χ0v) is 20.3. The summed E-state index contributed by atoms with van der Waals surface area (Å²) in [5.41, 5.74) is 8.56. The Morgan fingerprint density at radius 2 is 2.09 bits per heavy atom. The Labute approximate surface area is 202 Å². The quantitative estimate of drug-likeness (QED) is 0.503. The number of nitriles is 1. The number of aromatic nitrogens is 2. The van der Waals surface area contributed by atoms with Gasteiger partial charge in [-0.2, -0.15) is 10.4 Å². The molecule has 0 saturated heterocycles. The van der Waals surface area contributed by atoms with Crippen molar-refractivity contribution in [2.75, 3.05) is 7.11 Å². The Hall–Kier alpha value is -4.13. The highest BCUT2D eigenvalue weighted by Gasteiger charge is 2.43. The lowest BCUT2D eigenvalue weighted by Gasteiger charge is -2.37. The van der Waals surface area contributed by atoms with Crippen molar-refractivity contribution in [3.05, 3.63) is 73.6 Å². The van der Waals surface area contributed by atoms with E-state index in [1.165, 1.54) is 7.11 Å². The Bertz CT molecular complexity index is 1360. The van der Waals surface area contributed by atoms with Crippen LogP contribution in [0.5, 0.6) is 5.75 Å². The number of rotatable bonds is 5. The molecule has 0 amide bonds. The molecule has 1 aromatic heterocycles. The predicted octanol–water partition coefficient (Wildman–Crippen LogP) is 3.92. The van der Waals surface area contributed by atoms with Gasteiger partial charge in [-0.3, -0.25) is 19.6 Å². The molecule has 35 heavy (non-hydrogen) atoms. The number of nitrogens with zero attached hydrogens (tertiary/aromatic N) is 4. The zero-order valence-electron chi connectivity index (χ0n) is 20.3. The van der Waals surface area contributed by atoms with E-state index in [0.717, 1.165) is 0 Å². The fourth-order valence-corrected chi connectivity index (χ4v) is 4.99. The van der Waals surface area contributed by atoms with E-state index < -0.39 is 10.8 Å². The molecule has 182 valence electrons. The molecule has 10 heteroatoms. The number of ether oxygens (including phenoxy) is 2. The third kappa shape index (κ3) is 4.14. The van der Waals surface area contributed by atoms with Gasteiger partial charge in [-0.05, 0) is 37.0 Å². The molecule has 1 aliphatic heterocycles. The van der Waals surface area contributed by atoms with Gasteiger partial charge in [0.25, 0.3) is 0 Å².